The van der Waals surface area contributed by atoms with E-state index in [2.05, 4.69) is 44.0 Å². The van der Waals surface area contributed by atoms with Gasteiger partial charge in [-0.15, -0.1) is 0 Å². The Kier molecular flexibility index (Phi) is 5.52. The molecule has 0 radical (unpaired) electrons. The van der Waals surface area contributed by atoms with Crippen molar-refractivity contribution in [2.75, 3.05) is 18.5 Å². The Morgan fingerprint density at radius 2 is 2.17 bits per heavy atom. The molecule has 0 bridgehead atoms. The molecule has 2 amide bonds. The van der Waals surface area contributed by atoms with Crippen molar-refractivity contribution in [1.82, 2.24) is 19.7 Å². The topological polar surface area (TPSA) is 83.3 Å². The van der Waals surface area contributed by atoms with Crippen molar-refractivity contribution in [3.8, 4) is 0 Å². The number of halogens is 4. The number of hydrogen-bond donors (Lipinski definition) is 3. The molecule has 0 fully saturated rings. The van der Waals surface area contributed by atoms with Gasteiger partial charge in [0.25, 0.3) is 5.92 Å². The van der Waals surface area contributed by atoms with Gasteiger partial charge in [-0.2, -0.15) is 26.5 Å². The number of aromatic nitrogens is 3. The van der Waals surface area contributed by atoms with Crippen LogP contribution >= 0.6 is 28.6 Å². The number of hydrogen-bond acceptors (Lipinski definition) is 5. The van der Waals surface area contributed by atoms with Crippen LogP contribution in [0.1, 0.15) is 29.8 Å². The molecule has 2 aromatic rings. The summed E-state index contributed by atoms with van der Waals surface area (Å²) in [5.74, 6) is -3.98. The van der Waals surface area contributed by atoms with Gasteiger partial charge in [0.1, 0.15) is 10.3 Å². The van der Waals surface area contributed by atoms with Crippen LogP contribution in [0.3, 0.4) is 0 Å². The van der Waals surface area contributed by atoms with Crippen molar-refractivity contribution in [2.45, 2.75) is 43.0 Å². The number of urea groups is 1. The maximum atomic E-state index is 15.1. The fraction of sp³-hybridized carbons (Fsp3) is 0.500. The summed E-state index contributed by atoms with van der Waals surface area (Å²) in [6, 6.07) is 0.711. The van der Waals surface area contributed by atoms with Gasteiger partial charge in [0.2, 0.25) is 0 Å². The average Bonchev–Trinajstić information content (AvgIpc) is 3.03. The predicted molar refractivity (Wildman–Crippen MR) is 109 cm³/mol. The SMILES string of the molecule is O=C(Nc1ccnc(Br)c1F)N1CCc2nn3c(c2C1)C(F)(F)C[C@](S)(CO)CC3. The van der Waals surface area contributed by atoms with Crippen molar-refractivity contribution < 1.29 is 23.1 Å². The number of aliphatic hydroxyl groups excluding tert-OH is 1. The van der Waals surface area contributed by atoms with Crippen LogP contribution in [0.4, 0.5) is 23.7 Å². The Bertz CT molecular complexity index is 1000. The lowest BCUT2D eigenvalue weighted by Gasteiger charge is -2.30. The molecule has 0 spiro atoms. The third-order valence-corrected chi connectivity index (χ3v) is 6.53. The van der Waals surface area contributed by atoms with E-state index < -0.39 is 35.5 Å². The molecule has 7 nitrogen and oxygen atoms in total. The summed E-state index contributed by atoms with van der Waals surface area (Å²) in [6.45, 7) is -0.0781. The van der Waals surface area contributed by atoms with E-state index in [1.165, 1.54) is 21.8 Å². The van der Waals surface area contributed by atoms with Gasteiger partial charge in [-0.3, -0.25) is 4.68 Å². The molecular weight excluding hydrogens is 487 g/mol. The predicted octanol–water partition coefficient (Wildman–Crippen LogP) is 3.32. The van der Waals surface area contributed by atoms with Crippen LogP contribution in [0, 0.1) is 5.82 Å². The average molecular weight is 506 g/mol. The number of amides is 2. The standard InChI is InChI=1S/C18H19BrF3N5O2S/c19-15-13(20)12(1-4-23-15)24-16(29)26-5-2-11-10(7-26)14-18(21,22)8-17(30,9-28)3-6-27(14)25-11/h1,4,28,30H,2-3,5-9H2,(H,23,24,29)/t17-/m0/s1. The summed E-state index contributed by atoms with van der Waals surface area (Å²) in [5.41, 5.74) is 0.530. The molecule has 2 N–H and O–H groups in total. The Morgan fingerprint density at radius 1 is 1.40 bits per heavy atom. The first-order valence-corrected chi connectivity index (χ1v) is 10.5. The highest BCUT2D eigenvalue weighted by Gasteiger charge is 2.48. The number of nitrogens with one attached hydrogen (secondary N) is 1. The highest BCUT2D eigenvalue weighted by molar-refractivity contribution is 9.10. The molecule has 162 valence electrons. The molecule has 0 unspecified atom stereocenters. The monoisotopic (exact) mass is 505 g/mol. The number of carbonyl (C=O) groups is 1. The van der Waals surface area contributed by atoms with Crippen molar-refractivity contribution in [2.24, 2.45) is 0 Å². The number of pyridine rings is 1. The maximum Gasteiger partial charge on any atom is 0.322 e. The van der Waals surface area contributed by atoms with E-state index in [1.54, 1.807) is 0 Å². The molecule has 30 heavy (non-hydrogen) atoms. The van der Waals surface area contributed by atoms with E-state index in [-0.39, 0.29) is 42.0 Å². The second kappa shape index (κ2) is 7.72. The molecule has 4 rings (SSSR count). The van der Waals surface area contributed by atoms with Crippen LogP contribution in [-0.4, -0.2) is 48.7 Å². The summed E-state index contributed by atoms with van der Waals surface area (Å²) in [7, 11) is 0. The fourth-order valence-electron chi connectivity index (χ4n) is 3.91. The molecule has 2 aliphatic heterocycles. The lowest BCUT2D eigenvalue weighted by molar-refractivity contribution is -0.0323. The quantitative estimate of drug-likeness (QED) is 0.431. The summed E-state index contributed by atoms with van der Waals surface area (Å²) < 4.78 is 44.4. The van der Waals surface area contributed by atoms with E-state index >= 15 is 8.78 Å². The van der Waals surface area contributed by atoms with Crippen LogP contribution in [0.25, 0.3) is 0 Å². The molecule has 1 atom stereocenters. The summed E-state index contributed by atoms with van der Waals surface area (Å²) in [4.78, 5) is 17.7. The van der Waals surface area contributed by atoms with E-state index in [1.807, 2.05) is 0 Å². The van der Waals surface area contributed by atoms with Gasteiger partial charge in [-0.25, -0.2) is 14.2 Å². The number of rotatable bonds is 2. The third kappa shape index (κ3) is 3.80. The molecule has 0 saturated heterocycles. The molecule has 0 saturated carbocycles. The fourth-order valence-corrected chi connectivity index (χ4v) is 4.54. The summed E-state index contributed by atoms with van der Waals surface area (Å²) in [6.07, 6.45) is 1.27. The number of carbonyl (C=O) groups excluding carboxylic acids is 1. The number of nitrogens with zero attached hydrogens (tertiary/aromatic N) is 4. The normalized spacial score (nSPS) is 22.8. The Hall–Kier alpha value is -1.79. The highest BCUT2D eigenvalue weighted by atomic mass is 79.9. The first kappa shape index (κ1) is 21.4. The second-order valence-electron chi connectivity index (χ2n) is 7.58. The molecule has 4 heterocycles. The lowest BCUT2D eigenvalue weighted by atomic mass is 9.94. The lowest BCUT2D eigenvalue weighted by Crippen LogP contribution is -2.40. The maximum absolute atomic E-state index is 15.1. The van der Waals surface area contributed by atoms with Gasteiger partial charge >= 0.3 is 6.03 Å². The Labute approximate surface area is 184 Å². The van der Waals surface area contributed by atoms with Gasteiger partial charge in [-0.05, 0) is 28.4 Å². The van der Waals surface area contributed by atoms with Gasteiger partial charge < -0.3 is 15.3 Å². The number of fused-ring (bicyclic) bond motifs is 3. The van der Waals surface area contributed by atoms with Crippen LogP contribution in [0.5, 0.6) is 0 Å². The van der Waals surface area contributed by atoms with Crippen molar-refractivity contribution in [1.29, 1.82) is 0 Å². The molecule has 12 heteroatoms. The minimum Gasteiger partial charge on any atom is -0.395 e. The number of thiol groups is 1. The summed E-state index contributed by atoms with van der Waals surface area (Å²) in [5, 5.41) is 16.3. The van der Waals surface area contributed by atoms with E-state index in [4.69, 9.17) is 0 Å². The van der Waals surface area contributed by atoms with E-state index in [0.717, 1.165) is 0 Å². The zero-order valence-corrected chi connectivity index (χ0v) is 18.2. The first-order valence-electron chi connectivity index (χ1n) is 9.29. The minimum atomic E-state index is -3.26. The number of aryl methyl sites for hydroxylation is 1. The number of anilines is 1. The van der Waals surface area contributed by atoms with Gasteiger partial charge in [0.15, 0.2) is 5.82 Å². The molecule has 0 aromatic carbocycles. The van der Waals surface area contributed by atoms with Gasteiger partial charge in [0, 0.05) is 42.4 Å². The van der Waals surface area contributed by atoms with Crippen LogP contribution in [-0.2, 0) is 25.4 Å². The van der Waals surface area contributed by atoms with E-state index in [0.29, 0.717) is 17.7 Å². The molecule has 2 aromatic heterocycles. The van der Waals surface area contributed by atoms with Crippen LogP contribution < -0.4 is 5.32 Å². The zero-order valence-electron chi connectivity index (χ0n) is 15.7. The van der Waals surface area contributed by atoms with Crippen LogP contribution in [0.2, 0.25) is 0 Å². The van der Waals surface area contributed by atoms with Crippen molar-refractivity contribution >= 4 is 40.3 Å². The van der Waals surface area contributed by atoms with Gasteiger partial charge in [-0.1, -0.05) is 0 Å². The third-order valence-electron chi connectivity index (χ3n) is 5.46. The Morgan fingerprint density at radius 3 is 2.90 bits per heavy atom. The molecular formula is C18H19BrF3N5O2S. The molecule has 2 aliphatic rings. The van der Waals surface area contributed by atoms with Crippen molar-refractivity contribution in [3.05, 3.63) is 39.6 Å². The largest absolute Gasteiger partial charge is 0.395 e. The second-order valence-corrected chi connectivity index (χ2v) is 9.28. The summed E-state index contributed by atoms with van der Waals surface area (Å²) >= 11 is 7.23. The smallest absolute Gasteiger partial charge is 0.322 e. The van der Waals surface area contributed by atoms with E-state index in [9.17, 15) is 14.3 Å². The molecule has 0 aliphatic carbocycles. The van der Waals surface area contributed by atoms with Crippen LogP contribution in [0.15, 0.2) is 16.9 Å². The number of alkyl halides is 2. The number of aliphatic hydroxyl groups is 1. The van der Waals surface area contributed by atoms with Gasteiger partial charge in [0.05, 0.1) is 24.5 Å². The highest BCUT2D eigenvalue weighted by Crippen LogP contribution is 2.45. The minimum absolute atomic E-state index is 0.0399. The Balaban J connectivity index is 1.60. The zero-order chi connectivity index (χ0) is 21.7. The van der Waals surface area contributed by atoms with Crippen molar-refractivity contribution in [3.63, 3.8) is 0 Å². The first-order chi connectivity index (χ1) is 14.1.